The molecule has 0 saturated carbocycles. The number of carbonyl (C=O) groups excluding carboxylic acids is 2. The summed E-state index contributed by atoms with van der Waals surface area (Å²) in [4.78, 5) is 34.5. The number of hydrogen-bond donors (Lipinski definition) is 2. The Hall–Kier alpha value is -2.57. The van der Waals surface area contributed by atoms with Gasteiger partial charge in [0, 0.05) is 6.54 Å². The van der Waals surface area contributed by atoms with E-state index in [4.69, 9.17) is 14.6 Å². The predicted molar refractivity (Wildman–Crippen MR) is 86.2 cm³/mol. The summed E-state index contributed by atoms with van der Waals surface area (Å²) in [6.07, 6.45) is -1.07. The third-order valence-corrected chi connectivity index (χ3v) is 2.89. The molecule has 0 aliphatic carbocycles. The van der Waals surface area contributed by atoms with Crippen molar-refractivity contribution in [1.29, 1.82) is 0 Å². The molecule has 0 aromatic heterocycles. The second kappa shape index (κ2) is 8.90. The van der Waals surface area contributed by atoms with Crippen LogP contribution >= 0.6 is 0 Å². The first-order chi connectivity index (χ1) is 11.2. The summed E-state index contributed by atoms with van der Waals surface area (Å²) in [7, 11) is 0. The van der Waals surface area contributed by atoms with E-state index in [1.165, 1.54) is 0 Å². The van der Waals surface area contributed by atoms with Gasteiger partial charge >= 0.3 is 18.0 Å². The van der Waals surface area contributed by atoms with Gasteiger partial charge in [-0.2, -0.15) is 0 Å². The molecule has 1 aromatic rings. The molecule has 0 heterocycles. The van der Waals surface area contributed by atoms with Gasteiger partial charge in [0.25, 0.3) is 0 Å². The highest BCUT2D eigenvalue weighted by Gasteiger charge is 2.25. The molecule has 0 radical (unpaired) electrons. The monoisotopic (exact) mass is 337 g/mol. The first kappa shape index (κ1) is 19.5. The molecule has 1 rings (SSSR count). The fourth-order valence-electron chi connectivity index (χ4n) is 1.81. The third kappa shape index (κ3) is 8.17. The Morgan fingerprint density at radius 1 is 1.17 bits per heavy atom. The fraction of sp³-hybridized carbons (Fsp3) is 0.471. The summed E-state index contributed by atoms with van der Waals surface area (Å²) >= 11 is 0. The van der Waals surface area contributed by atoms with Crippen molar-refractivity contribution >= 4 is 18.0 Å². The van der Waals surface area contributed by atoms with E-state index in [0.717, 1.165) is 5.56 Å². The second-order valence-corrected chi connectivity index (χ2v) is 6.27. The molecule has 7 nitrogen and oxygen atoms in total. The average Bonchev–Trinajstić information content (AvgIpc) is 2.48. The van der Waals surface area contributed by atoms with Crippen molar-refractivity contribution in [2.75, 3.05) is 6.54 Å². The molecule has 1 atom stereocenters. The van der Waals surface area contributed by atoms with E-state index in [9.17, 15) is 14.4 Å². The van der Waals surface area contributed by atoms with Crippen molar-refractivity contribution in [2.45, 2.75) is 39.4 Å². The number of carboxylic acid groups (broad SMARTS) is 1. The van der Waals surface area contributed by atoms with Gasteiger partial charge in [0.15, 0.2) is 0 Å². The van der Waals surface area contributed by atoms with E-state index in [1.54, 1.807) is 32.9 Å². The SMILES string of the molecule is CC(C)(C)OC(=O)C[C@@H](CNC(=O)OCc1ccccc1)C(=O)O. The van der Waals surface area contributed by atoms with Gasteiger partial charge in [-0.05, 0) is 26.3 Å². The molecule has 0 saturated heterocycles. The zero-order chi connectivity index (χ0) is 18.2. The molecule has 0 fully saturated rings. The van der Waals surface area contributed by atoms with Gasteiger partial charge in [0.2, 0.25) is 0 Å². The molecule has 2 N–H and O–H groups in total. The van der Waals surface area contributed by atoms with E-state index >= 15 is 0 Å². The first-order valence-electron chi connectivity index (χ1n) is 7.56. The lowest BCUT2D eigenvalue weighted by atomic mass is 10.1. The van der Waals surface area contributed by atoms with Crippen molar-refractivity contribution < 1.29 is 29.0 Å². The van der Waals surface area contributed by atoms with E-state index in [0.29, 0.717) is 0 Å². The molecular formula is C17H23NO6. The summed E-state index contributed by atoms with van der Waals surface area (Å²) in [6.45, 7) is 4.94. The number of amides is 1. The minimum absolute atomic E-state index is 0.0798. The number of benzene rings is 1. The zero-order valence-corrected chi connectivity index (χ0v) is 14.1. The fourth-order valence-corrected chi connectivity index (χ4v) is 1.81. The number of carbonyl (C=O) groups is 3. The quantitative estimate of drug-likeness (QED) is 0.741. The third-order valence-electron chi connectivity index (χ3n) is 2.89. The van der Waals surface area contributed by atoms with Gasteiger partial charge in [0.05, 0.1) is 12.3 Å². The van der Waals surface area contributed by atoms with Gasteiger partial charge < -0.3 is 19.9 Å². The molecule has 0 aliphatic rings. The van der Waals surface area contributed by atoms with E-state index < -0.39 is 29.6 Å². The van der Waals surface area contributed by atoms with Crippen LogP contribution in [0.2, 0.25) is 0 Å². The lowest BCUT2D eigenvalue weighted by Gasteiger charge is -2.21. The largest absolute Gasteiger partial charge is 0.481 e. The Balaban J connectivity index is 2.41. The molecule has 1 aromatic carbocycles. The van der Waals surface area contributed by atoms with Gasteiger partial charge in [-0.25, -0.2) is 4.79 Å². The Bertz CT molecular complexity index is 564. The van der Waals surface area contributed by atoms with Crippen LogP contribution < -0.4 is 5.32 Å². The van der Waals surface area contributed by atoms with Crippen molar-refractivity contribution in [1.82, 2.24) is 5.32 Å². The number of ether oxygens (including phenoxy) is 2. The smallest absolute Gasteiger partial charge is 0.407 e. The molecule has 0 spiro atoms. The molecule has 0 bridgehead atoms. The van der Waals surface area contributed by atoms with Crippen LogP contribution in [0.25, 0.3) is 0 Å². The number of esters is 1. The van der Waals surface area contributed by atoms with Crippen LogP contribution in [0, 0.1) is 5.92 Å². The lowest BCUT2D eigenvalue weighted by molar-refractivity contribution is -0.159. The molecule has 0 aliphatic heterocycles. The van der Waals surface area contributed by atoms with Crippen LogP contribution in [-0.2, 0) is 25.7 Å². The van der Waals surface area contributed by atoms with Gasteiger partial charge in [-0.3, -0.25) is 9.59 Å². The lowest BCUT2D eigenvalue weighted by Crippen LogP contribution is -2.35. The van der Waals surface area contributed by atoms with Gasteiger partial charge in [-0.1, -0.05) is 30.3 Å². The normalized spacial score (nSPS) is 12.1. The highest BCUT2D eigenvalue weighted by atomic mass is 16.6. The number of carboxylic acids is 1. The molecule has 132 valence electrons. The van der Waals surface area contributed by atoms with Crippen LogP contribution in [-0.4, -0.2) is 35.3 Å². The Kier molecular flexibility index (Phi) is 7.23. The van der Waals surface area contributed by atoms with Crippen molar-refractivity contribution in [3.8, 4) is 0 Å². The second-order valence-electron chi connectivity index (χ2n) is 6.27. The molecule has 24 heavy (non-hydrogen) atoms. The summed E-state index contributed by atoms with van der Waals surface area (Å²) < 4.78 is 10.1. The summed E-state index contributed by atoms with van der Waals surface area (Å²) in [5.74, 6) is -2.90. The van der Waals surface area contributed by atoms with Gasteiger partial charge in [0.1, 0.15) is 12.2 Å². The predicted octanol–water partition coefficient (Wildman–Crippen LogP) is 2.35. The van der Waals surface area contributed by atoms with Crippen LogP contribution in [0.4, 0.5) is 4.79 Å². The molecular weight excluding hydrogens is 314 g/mol. The molecule has 1 amide bonds. The van der Waals surface area contributed by atoms with E-state index in [2.05, 4.69) is 5.32 Å². The van der Waals surface area contributed by atoms with Crippen LogP contribution in [0.3, 0.4) is 0 Å². The van der Waals surface area contributed by atoms with Crippen molar-refractivity contribution in [3.05, 3.63) is 35.9 Å². The molecule has 7 heteroatoms. The van der Waals surface area contributed by atoms with Crippen LogP contribution in [0.5, 0.6) is 0 Å². The Morgan fingerprint density at radius 2 is 1.79 bits per heavy atom. The summed E-state index contributed by atoms with van der Waals surface area (Å²) in [5, 5.41) is 11.5. The number of hydrogen-bond acceptors (Lipinski definition) is 5. The van der Waals surface area contributed by atoms with Crippen molar-refractivity contribution in [3.63, 3.8) is 0 Å². The number of aliphatic carboxylic acids is 1. The maximum Gasteiger partial charge on any atom is 0.407 e. The van der Waals surface area contributed by atoms with Crippen LogP contribution in [0.15, 0.2) is 30.3 Å². The standard InChI is InChI=1S/C17H23NO6/c1-17(2,3)24-14(19)9-13(15(20)21)10-18-16(22)23-11-12-7-5-4-6-8-12/h4-8,13H,9-11H2,1-3H3,(H,18,22)(H,20,21)/t13-/m0/s1. The van der Waals surface area contributed by atoms with Crippen molar-refractivity contribution in [2.24, 2.45) is 5.92 Å². The van der Waals surface area contributed by atoms with Gasteiger partial charge in [-0.15, -0.1) is 0 Å². The minimum atomic E-state index is -1.19. The van der Waals surface area contributed by atoms with E-state index in [1.807, 2.05) is 18.2 Å². The number of alkyl carbamates (subject to hydrolysis) is 1. The highest BCUT2D eigenvalue weighted by molar-refractivity contribution is 5.79. The summed E-state index contributed by atoms with van der Waals surface area (Å²) in [5.41, 5.74) is 0.124. The van der Waals surface area contributed by atoms with Crippen LogP contribution in [0.1, 0.15) is 32.8 Å². The number of rotatable bonds is 7. The zero-order valence-electron chi connectivity index (χ0n) is 14.1. The molecule has 0 unspecified atom stereocenters. The maximum absolute atomic E-state index is 11.7. The Morgan fingerprint density at radius 3 is 2.33 bits per heavy atom. The van der Waals surface area contributed by atoms with E-state index in [-0.39, 0.29) is 19.6 Å². The topological polar surface area (TPSA) is 102 Å². The number of nitrogens with one attached hydrogen (secondary N) is 1. The average molecular weight is 337 g/mol. The summed E-state index contributed by atoms with van der Waals surface area (Å²) in [6, 6.07) is 9.08. The minimum Gasteiger partial charge on any atom is -0.481 e. The maximum atomic E-state index is 11.7. The first-order valence-corrected chi connectivity index (χ1v) is 7.56. The highest BCUT2D eigenvalue weighted by Crippen LogP contribution is 2.12. The Labute approximate surface area is 141 Å².